The highest BCUT2D eigenvalue weighted by atomic mass is 32.1. The van der Waals surface area contributed by atoms with Crippen molar-refractivity contribution in [2.45, 2.75) is 13.0 Å². The zero-order valence-corrected chi connectivity index (χ0v) is 10.7. The van der Waals surface area contributed by atoms with Crippen LogP contribution in [0.4, 0.5) is 20.2 Å². The van der Waals surface area contributed by atoms with E-state index < -0.39 is 22.6 Å². The van der Waals surface area contributed by atoms with Gasteiger partial charge < -0.3 is 10.3 Å². The fourth-order valence-corrected chi connectivity index (χ4v) is 2.18. The highest BCUT2D eigenvalue weighted by molar-refractivity contribution is 7.07. The lowest BCUT2D eigenvalue weighted by Gasteiger charge is -2.10. The number of hydrogen-bond acceptors (Lipinski definition) is 5. The van der Waals surface area contributed by atoms with Crippen molar-refractivity contribution in [3.05, 3.63) is 54.6 Å². The van der Waals surface area contributed by atoms with Crippen LogP contribution in [-0.4, -0.2) is 9.91 Å². The fraction of sp³-hybridized carbons (Fsp3) is 0.182. The van der Waals surface area contributed by atoms with Crippen molar-refractivity contribution in [3.8, 4) is 0 Å². The molecule has 1 aromatic carbocycles. The van der Waals surface area contributed by atoms with E-state index in [0.29, 0.717) is 5.69 Å². The summed E-state index contributed by atoms with van der Waals surface area (Å²) in [7, 11) is 0. The summed E-state index contributed by atoms with van der Waals surface area (Å²) in [5, 5.41) is 14.9. The summed E-state index contributed by atoms with van der Waals surface area (Å²) >= 11 is 0.968. The van der Waals surface area contributed by atoms with Crippen LogP contribution in [0.5, 0.6) is 0 Å². The van der Waals surface area contributed by atoms with Gasteiger partial charge in [-0.05, 0) is 6.07 Å². The molecular weight excluding hydrogens is 292 g/mol. The maximum absolute atomic E-state index is 12.9. The van der Waals surface area contributed by atoms with Crippen molar-refractivity contribution < 1.29 is 13.7 Å². The second-order valence-electron chi connectivity index (χ2n) is 3.86. The van der Waals surface area contributed by atoms with E-state index in [2.05, 4.69) is 10.3 Å². The largest absolute Gasteiger partial charge is 0.379 e. The summed E-state index contributed by atoms with van der Waals surface area (Å²) in [5.74, 6) is 0. The molecule has 0 aliphatic rings. The zero-order valence-electron chi connectivity index (χ0n) is 9.93. The average Bonchev–Trinajstić information content (AvgIpc) is 2.81. The van der Waals surface area contributed by atoms with E-state index in [4.69, 9.17) is 0 Å². The van der Waals surface area contributed by atoms with Crippen LogP contribution in [0.1, 0.15) is 17.7 Å². The molecule has 6 nitrogen and oxygen atoms in total. The van der Waals surface area contributed by atoms with Gasteiger partial charge in [0.1, 0.15) is 0 Å². The van der Waals surface area contributed by atoms with E-state index in [0.717, 1.165) is 23.5 Å². The Hall–Kier alpha value is -2.29. The number of thiazole rings is 1. The van der Waals surface area contributed by atoms with Gasteiger partial charge in [-0.25, -0.2) is 8.78 Å². The van der Waals surface area contributed by atoms with Gasteiger partial charge in [0.05, 0.1) is 11.5 Å². The first kappa shape index (κ1) is 14.1. The van der Waals surface area contributed by atoms with Crippen LogP contribution < -0.4 is 10.2 Å². The molecule has 2 rings (SSSR count). The predicted octanol–water partition coefficient (Wildman–Crippen LogP) is 2.89. The van der Waals surface area contributed by atoms with Crippen LogP contribution in [0.2, 0.25) is 0 Å². The first-order chi connectivity index (χ1) is 9.47. The molecule has 0 atom stereocenters. The van der Waals surface area contributed by atoms with Gasteiger partial charge in [0, 0.05) is 34.5 Å². The Balaban J connectivity index is 2.22. The molecule has 0 unspecified atom stereocenters. The highest BCUT2D eigenvalue weighted by Gasteiger charge is 2.17. The summed E-state index contributed by atoms with van der Waals surface area (Å²) in [6.45, 7) is 0.149. The number of halogens is 2. The Morgan fingerprint density at radius 3 is 2.75 bits per heavy atom. The number of nitro benzene ring substituents is 1. The normalized spacial score (nSPS) is 10.8. The molecular formula is C11H9F2N3O3S. The van der Waals surface area contributed by atoms with E-state index in [9.17, 15) is 23.7 Å². The molecule has 1 heterocycles. The van der Waals surface area contributed by atoms with Crippen LogP contribution in [0.25, 0.3) is 0 Å². The minimum atomic E-state index is -2.83. The van der Waals surface area contributed by atoms with Crippen molar-refractivity contribution in [2.75, 3.05) is 5.32 Å². The Bertz CT molecular complexity index is 684. The number of anilines is 1. The lowest BCUT2D eigenvalue weighted by molar-refractivity contribution is -0.385. The molecule has 0 aliphatic heterocycles. The molecule has 0 saturated heterocycles. The molecule has 1 aromatic heterocycles. The minimum absolute atomic E-state index is 0.0950. The molecule has 9 heteroatoms. The van der Waals surface area contributed by atoms with Crippen molar-refractivity contribution in [1.82, 2.24) is 4.98 Å². The van der Waals surface area contributed by atoms with Crippen molar-refractivity contribution in [2.24, 2.45) is 0 Å². The number of nitrogens with one attached hydrogen (secondary N) is 2. The summed E-state index contributed by atoms with van der Waals surface area (Å²) < 4.78 is 25.8. The Kier molecular flexibility index (Phi) is 4.08. The number of nitro groups is 1. The van der Waals surface area contributed by atoms with Gasteiger partial charge in [-0.2, -0.15) is 0 Å². The minimum Gasteiger partial charge on any atom is -0.379 e. The molecule has 0 aliphatic carbocycles. The number of rotatable bonds is 5. The van der Waals surface area contributed by atoms with Crippen LogP contribution in [0.3, 0.4) is 0 Å². The number of nitrogens with zero attached hydrogens (tertiary/aromatic N) is 1. The number of non-ortho nitro benzene ring substituents is 1. The van der Waals surface area contributed by atoms with Crippen molar-refractivity contribution in [1.29, 1.82) is 0 Å². The second-order valence-corrected chi connectivity index (χ2v) is 4.70. The number of hydrogen-bond donors (Lipinski definition) is 2. The third kappa shape index (κ3) is 3.18. The zero-order chi connectivity index (χ0) is 14.7. The molecule has 0 radical (unpaired) electrons. The van der Waals surface area contributed by atoms with Gasteiger partial charge in [-0.15, -0.1) is 0 Å². The monoisotopic (exact) mass is 301 g/mol. The van der Waals surface area contributed by atoms with Crippen LogP contribution in [0, 0.1) is 10.1 Å². The summed E-state index contributed by atoms with van der Waals surface area (Å²) in [6, 6.07) is 3.21. The van der Waals surface area contributed by atoms with E-state index in [1.165, 1.54) is 6.07 Å². The van der Waals surface area contributed by atoms with Crippen LogP contribution in [0.15, 0.2) is 28.4 Å². The number of alkyl halides is 2. The fourth-order valence-electron chi connectivity index (χ4n) is 1.60. The van der Waals surface area contributed by atoms with Gasteiger partial charge in [0.15, 0.2) is 0 Å². The highest BCUT2D eigenvalue weighted by Crippen LogP contribution is 2.30. The van der Waals surface area contributed by atoms with E-state index in [1.54, 1.807) is 5.38 Å². The van der Waals surface area contributed by atoms with Gasteiger partial charge in [-0.3, -0.25) is 14.9 Å². The number of benzene rings is 1. The third-order valence-electron chi connectivity index (χ3n) is 2.52. The van der Waals surface area contributed by atoms with E-state index in [1.807, 2.05) is 0 Å². The van der Waals surface area contributed by atoms with Crippen LogP contribution >= 0.6 is 11.3 Å². The molecule has 0 spiro atoms. The van der Waals surface area contributed by atoms with Gasteiger partial charge in [0.25, 0.3) is 12.1 Å². The Labute approximate surface area is 115 Å². The maximum Gasteiger partial charge on any atom is 0.304 e. The van der Waals surface area contributed by atoms with E-state index in [-0.39, 0.29) is 17.1 Å². The summed E-state index contributed by atoms with van der Waals surface area (Å²) in [5.41, 5.74) is -0.192. The Morgan fingerprint density at radius 2 is 2.20 bits per heavy atom. The molecule has 0 saturated carbocycles. The first-order valence-electron chi connectivity index (χ1n) is 5.44. The maximum atomic E-state index is 12.9. The number of aromatic amines is 1. The molecule has 2 aromatic rings. The number of aromatic nitrogens is 1. The SMILES string of the molecule is O=c1[nH]c(CNc2ccc([N+](=O)[O-])cc2C(F)F)cs1. The molecule has 0 fully saturated rings. The predicted molar refractivity (Wildman–Crippen MR) is 70.3 cm³/mol. The van der Waals surface area contributed by atoms with Crippen LogP contribution in [-0.2, 0) is 6.54 Å². The topological polar surface area (TPSA) is 88.0 Å². The smallest absolute Gasteiger partial charge is 0.304 e. The standard InChI is InChI=1S/C11H9F2N3O3S/c12-10(13)8-3-7(16(18)19)1-2-9(8)14-4-6-5-20-11(17)15-6/h1-3,5,10,14H,4H2,(H,15,17). The molecule has 20 heavy (non-hydrogen) atoms. The lowest BCUT2D eigenvalue weighted by Crippen LogP contribution is -2.05. The third-order valence-corrected chi connectivity index (χ3v) is 3.24. The lowest BCUT2D eigenvalue weighted by atomic mass is 10.1. The molecule has 2 N–H and O–H groups in total. The Morgan fingerprint density at radius 1 is 1.45 bits per heavy atom. The molecule has 0 bridgehead atoms. The van der Waals surface area contributed by atoms with Crippen molar-refractivity contribution in [3.63, 3.8) is 0 Å². The average molecular weight is 301 g/mol. The molecule has 0 amide bonds. The second kappa shape index (κ2) is 5.78. The van der Waals surface area contributed by atoms with Crippen molar-refractivity contribution >= 4 is 22.7 Å². The summed E-state index contributed by atoms with van der Waals surface area (Å²) in [6.07, 6.45) is -2.83. The molecule has 106 valence electrons. The quantitative estimate of drug-likeness (QED) is 0.656. The first-order valence-corrected chi connectivity index (χ1v) is 6.32. The van der Waals surface area contributed by atoms with Gasteiger partial charge in [-0.1, -0.05) is 11.3 Å². The summed E-state index contributed by atoms with van der Waals surface area (Å²) in [4.78, 5) is 23.1. The van der Waals surface area contributed by atoms with E-state index >= 15 is 0 Å². The van der Waals surface area contributed by atoms with Gasteiger partial charge >= 0.3 is 4.87 Å². The number of H-pyrrole nitrogens is 1. The van der Waals surface area contributed by atoms with Gasteiger partial charge in [0.2, 0.25) is 0 Å².